The molecule has 0 saturated heterocycles. The van der Waals surface area contributed by atoms with Gasteiger partial charge in [-0.05, 0) is 28.2 Å². The molecule has 0 aliphatic heterocycles. The highest BCUT2D eigenvalue weighted by atomic mass is 16.5. The summed E-state index contributed by atoms with van der Waals surface area (Å²) in [6.07, 6.45) is -0.740. The van der Waals surface area contributed by atoms with E-state index in [9.17, 15) is 19.2 Å². The molecule has 0 unspecified atom stereocenters. The van der Waals surface area contributed by atoms with Gasteiger partial charge in [-0.15, -0.1) is 0 Å². The van der Waals surface area contributed by atoms with Crippen LogP contribution in [-0.4, -0.2) is 66.7 Å². The molecule has 0 radical (unpaired) electrons. The van der Waals surface area contributed by atoms with Crippen molar-refractivity contribution in [2.75, 3.05) is 32.8 Å². The number of rotatable bonds is 10. The van der Waals surface area contributed by atoms with E-state index in [0.29, 0.717) is 0 Å². The van der Waals surface area contributed by atoms with Gasteiger partial charge >= 0.3 is 12.1 Å². The van der Waals surface area contributed by atoms with Crippen LogP contribution in [0.3, 0.4) is 0 Å². The second-order valence-corrected chi connectivity index (χ2v) is 8.52. The predicted octanol–water partition coefficient (Wildman–Crippen LogP) is 2.21. The lowest BCUT2D eigenvalue weighted by Gasteiger charge is -2.22. The third kappa shape index (κ3) is 6.34. The average Bonchev–Trinajstić information content (AvgIpc) is 3.12. The van der Waals surface area contributed by atoms with E-state index in [1.54, 1.807) is 0 Å². The SMILES string of the molecule is CC(C)CN(CC(=O)O)C(=O)CNC(=O)CNC(=O)OCC1c2ccccc2-c2ccccc21. The minimum absolute atomic E-state index is 0.0780. The van der Waals surface area contributed by atoms with E-state index < -0.39 is 30.4 Å². The smallest absolute Gasteiger partial charge is 0.407 e. The molecule has 2 aromatic carbocycles. The van der Waals surface area contributed by atoms with Crippen molar-refractivity contribution in [2.45, 2.75) is 19.8 Å². The van der Waals surface area contributed by atoms with Crippen molar-refractivity contribution < 1.29 is 29.0 Å². The summed E-state index contributed by atoms with van der Waals surface area (Å²) in [6.45, 7) is 2.94. The number of nitrogens with zero attached hydrogens (tertiary/aromatic N) is 1. The highest BCUT2D eigenvalue weighted by molar-refractivity contribution is 5.88. The number of hydrogen-bond donors (Lipinski definition) is 3. The molecular weight excluding hydrogens is 438 g/mol. The molecule has 34 heavy (non-hydrogen) atoms. The number of hydrogen-bond acceptors (Lipinski definition) is 5. The Kier molecular flexibility index (Phi) is 8.24. The Bertz CT molecular complexity index is 1020. The van der Waals surface area contributed by atoms with Crippen molar-refractivity contribution in [3.8, 4) is 11.1 Å². The Morgan fingerprint density at radius 1 is 0.941 bits per heavy atom. The number of nitrogens with one attached hydrogen (secondary N) is 2. The van der Waals surface area contributed by atoms with Crippen LogP contribution in [0.5, 0.6) is 0 Å². The number of aliphatic carboxylic acids is 1. The fourth-order valence-corrected chi connectivity index (χ4v) is 4.01. The molecule has 1 aliphatic rings. The van der Waals surface area contributed by atoms with E-state index in [1.165, 1.54) is 4.90 Å². The molecule has 180 valence electrons. The van der Waals surface area contributed by atoms with Gasteiger partial charge in [-0.25, -0.2) is 4.79 Å². The zero-order valence-corrected chi connectivity index (χ0v) is 19.2. The molecule has 0 aromatic heterocycles. The molecule has 3 N–H and O–H groups in total. The summed E-state index contributed by atoms with van der Waals surface area (Å²) in [5.41, 5.74) is 4.40. The molecule has 3 amide bonds. The molecule has 0 atom stereocenters. The molecule has 0 bridgehead atoms. The number of ether oxygens (including phenoxy) is 1. The number of carboxylic acids is 1. The Balaban J connectivity index is 1.45. The first-order chi connectivity index (χ1) is 16.3. The van der Waals surface area contributed by atoms with Crippen LogP contribution in [-0.2, 0) is 19.1 Å². The molecule has 0 heterocycles. The molecule has 3 rings (SSSR count). The molecule has 0 saturated carbocycles. The van der Waals surface area contributed by atoms with E-state index >= 15 is 0 Å². The van der Waals surface area contributed by atoms with Gasteiger partial charge in [-0.3, -0.25) is 14.4 Å². The maximum Gasteiger partial charge on any atom is 0.407 e. The zero-order valence-electron chi connectivity index (χ0n) is 19.2. The maximum absolute atomic E-state index is 12.2. The van der Waals surface area contributed by atoms with E-state index in [1.807, 2.05) is 62.4 Å². The number of amides is 3. The zero-order chi connectivity index (χ0) is 24.7. The lowest BCUT2D eigenvalue weighted by molar-refractivity contribution is -0.144. The van der Waals surface area contributed by atoms with Crippen LogP contribution < -0.4 is 10.6 Å². The first-order valence-corrected chi connectivity index (χ1v) is 11.1. The van der Waals surface area contributed by atoms with Crippen molar-refractivity contribution in [3.63, 3.8) is 0 Å². The maximum atomic E-state index is 12.2. The quantitative estimate of drug-likeness (QED) is 0.492. The lowest BCUT2D eigenvalue weighted by atomic mass is 9.98. The van der Waals surface area contributed by atoms with E-state index in [-0.39, 0.29) is 38.1 Å². The number of carbonyl (C=O) groups excluding carboxylic acids is 3. The van der Waals surface area contributed by atoms with Gasteiger partial charge in [0.05, 0.1) is 6.54 Å². The Labute approximate surface area is 198 Å². The van der Waals surface area contributed by atoms with E-state index in [0.717, 1.165) is 22.3 Å². The average molecular weight is 468 g/mol. The first kappa shape index (κ1) is 24.8. The van der Waals surface area contributed by atoms with Gasteiger partial charge < -0.3 is 25.4 Å². The van der Waals surface area contributed by atoms with Gasteiger partial charge in [-0.2, -0.15) is 0 Å². The van der Waals surface area contributed by atoms with Gasteiger partial charge in [0, 0.05) is 12.5 Å². The highest BCUT2D eigenvalue weighted by Crippen LogP contribution is 2.44. The molecule has 0 fully saturated rings. The molecule has 1 aliphatic carbocycles. The van der Waals surface area contributed by atoms with E-state index in [4.69, 9.17) is 9.84 Å². The lowest BCUT2D eigenvalue weighted by Crippen LogP contribution is -2.46. The van der Waals surface area contributed by atoms with Gasteiger partial charge in [0.1, 0.15) is 19.7 Å². The molecule has 9 nitrogen and oxygen atoms in total. The summed E-state index contributed by atoms with van der Waals surface area (Å²) in [5, 5.41) is 13.7. The van der Waals surface area contributed by atoms with Gasteiger partial charge in [0.25, 0.3) is 0 Å². The monoisotopic (exact) mass is 467 g/mol. The summed E-state index contributed by atoms with van der Waals surface area (Å²) in [5.74, 6) is -2.23. The predicted molar refractivity (Wildman–Crippen MR) is 125 cm³/mol. The summed E-state index contributed by atoms with van der Waals surface area (Å²) < 4.78 is 5.37. The van der Waals surface area contributed by atoms with Crippen LogP contribution in [0.25, 0.3) is 11.1 Å². The summed E-state index contributed by atoms with van der Waals surface area (Å²) in [4.78, 5) is 48.6. The van der Waals surface area contributed by atoms with Crippen LogP contribution >= 0.6 is 0 Å². The number of fused-ring (bicyclic) bond motifs is 3. The van der Waals surface area contributed by atoms with Crippen molar-refractivity contribution in [3.05, 3.63) is 59.7 Å². The Morgan fingerprint density at radius 2 is 1.53 bits per heavy atom. The molecular formula is C25H29N3O6. The van der Waals surface area contributed by atoms with Crippen LogP contribution in [0.15, 0.2) is 48.5 Å². The van der Waals surface area contributed by atoms with Crippen LogP contribution in [0.4, 0.5) is 4.79 Å². The normalized spacial score (nSPS) is 12.0. The Morgan fingerprint density at radius 3 is 2.09 bits per heavy atom. The van der Waals surface area contributed by atoms with Crippen LogP contribution in [0.2, 0.25) is 0 Å². The third-order valence-corrected chi connectivity index (χ3v) is 5.44. The second-order valence-electron chi connectivity index (χ2n) is 8.52. The summed E-state index contributed by atoms with van der Waals surface area (Å²) in [6, 6.07) is 15.9. The van der Waals surface area contributed by atoms with Crippen molar-refractivity contribution in [2.24, 2.45) is 5.92 Å². The fraction of sp³-hybridized carbons (Fsp3) is 0.360. The second kappa shape index (κ2) is 11.3. The molecule has 9 heteroatoms. The van der Waals surface area contributed by atoms with Crippen molar-refractivity contribution in [1.82, 2.24) is 15.5 Å². The molecule has 2 aromatic rings. The Hall–Kier alpha value is -3.88. The third-order valence-electron chi connectivity index (χ3n) is 5.44. The fourth-order valence-electron chi connectivity index (χ4n) is 4.01. The van der Waals surface area contributed by atoms with Crippen molar-refractivity contribution in [1.29, 1.82) is 0 Å². The minimum Gasteiger partial charge on any atom is -0.480 e. The number of carboxylic acid groups (broad SMARTS) is 1. The first-order valence-electron chi connectivity index (χ1n) is 11.1. The topological polar surface area (TPSA) is 125 Å². The van der Waals surface area contributed by atoms with Crippen molar-refractivity contribution >= 4 is 23.9 Å². The molecule has 0 spiro atoms. The largest absolute Gasteiger partial charge is 0.480 e. The van der Waals surface area contributed by atoms with Gasteiger partial charge in [0.15, 0.2) is 0 Å². The standard InChI is InChI=1S/C25H29N3O6/c1-16(2)13-28(14-24(31)32)23(30)12-26-22(29)11-27-25(33)34-15-21-19-9-5-3-7-17(19)18-8-4-6-10-20(18)21/h3-10,16,21H,11-15H2,1-2H3,(H,26,29)(H,27,33)(H,31,32). The van der Waals surface area contributed by atoms with Gasteiger partial charge in [-0.1, -0.05) is 62.4 Å². The number of alkyl carbamates (subject to hydrolysis) is 1. The van der Waals surface area contributed by atoms with E-state index in [2.05, 4.69) is 10.6 Å². The summed E-state index contributed by atoms with van der Waals surface area (Å²) in [7, 11) is 0. The minimum atomic E-state index is -1.13. The number of carbonyl (C=O) groups is 4. The highest BCUT2D eigenvalue weighted by Gasteiger charge is 2.29. The van der Waals surface area contributed by atoms with Crippen LogP contribution in [0.1, 0.15) is 30.9 Å². The van der Waals surface area contributed by atoms with Crippen LogP contribution in [0, 0.1) is 5.92 Å². The number of benzene rings is 2. The van der Waals surface area contributed by atoms with Gasteiger partial charge in [0.2, 0.25) is 11.8 Å². The summed E-state index contributed by atoms with van der Waals surface area (Å²) >= 11 is 0.